The van der Waals surface area contributed by atoms with E-state index in [9.17, 15) is 0 Å². The smallest absolute Gasteiger partial charge is 0.0325 e. The maximum Gasteiger partial charge on any atom is -0.0325 e. The van der Waals surface area contributed by atoms with Crippen molar-refractivity contribution in [2.75, 3.05) is 0 Å². The Balaban J connectivity index is 3.61. The van der Waals surface area contributed by atoms with Crippen LogP contribution in [0.4, 0.5) is 0 Å². The van der Waals surface area contributed by atoms with Crippen LogP contribution in [-0.4, -0.2) is 0 Å². The van der Waals surface area contributed by atoms with Crippen LogP contribution >= 0.6 is 0 Å². The Morgan fingerprint density at radius 3 is 2.08 bits per heavy atom. The first-order valence-electron chi connectivity index (χ1n) is 5.72. The fourth-order valence-corrected chi connectivity index (χ4v) is 1.50. The first kappa shape index (κ1) is 12.7. The molecule has 0 rings (SSSR count). The predicted molar refractivity (Wildman–Crippen MR) is 61.8 cm³/mol. The van der Waals surface area contributed by atoms with Gasteiger partial charge in [0.2, 0.25) is 0 Å². The highest BCUT2D eigenvalue weighted by Gasteiger charge is 2.10. The summed E-state index contributed by atoms with van der Waals surface area (Å²) in [5.41, 5.74) is 0. The quantitative estimate of drug-likeness (QED) is 0.524. The number of rotatable bonds is 6. The van der Waals surface area contributed by atoms with E-state index in [4.69, 9.17) is 0 Å². The zero-order chi connectivity index (χ0) is 10.3. The Bertz CT molecular complexity index is 133. The fraction of sp³-hybridized carbons (Fsp3) is 0.846. The van der Waals surface area contributed by atoms with Gasteiger partial charge in [0.25, 0.3) is 0 Å². The van der Waals surface area contributed by atoms with E-state index in [1.54, 1.807) is 0 Å². The molecular weight excluding hydrogens is 156 g/mol. The van der Waals surface area contributed by atoms with Crippen molar-refractivity contribution in [1.29, 1.82) is 0 Å². The van der Waals surface area contributed by atoms with E-state index in [0.29, 0.717) is 0 Å². The molecule has 0 bridgehead atoms. The van der Waals surface area contributed by atoms with E-state index in [0.717, 1.165) is 17.8 Å². The molecule has 0 aliphatic heterocycles. The van der Waals surface area contributed by atoms with Gasteiger partial charge >= 0.3 is 0 Å². The molecule has 2 atom stereocenters. The van der Waals surface area contributed by atoms with Crippen molar-refractivity contribution in [3.8, 4) is 0 Å². The zero-order valence-electron chi connectivity index (χ0n) is 10.0. The highest BCUT2D eigenvalue weighted by molar-refractivity contribution is 4.82. The third kappa shape index (κ3) is 6.86. The topological polar surface area (TPSA) is 0 Å². The van der Waals surface area contributed by atoms with Crippen LogP contribution in [0, 0.1) is 17.8 Å². The second-order valence-corrected chi connectivity index (χ2v) is 4.68. The lowest BCUT2D eigenvalue weighted by atomic mass is 9.87. The van der Waals surface area contributed by atoms with E-state index in [1.165, 1.54) is 19.3 Å². The minimum Gasteiger partial charge on any atom is -0.0888 e. The Morgan fingerprint density at radius 1 is 1.00 bits per heavy atom. The third-order valence-corrected chi connectivity index (χ3v) is 2.85. The van der Waals surface area contributed by atoms with Gasteiger partial charge in [-0.1, -0.05) is 46.8 Å². The van der Waals surface area contributed by atoms with E-state index >= 15 is 0 Å². The minimum absolute atomic E-state index is 0.831. The Kier molecular flexibility index (Phi) is 7.03. The van der Waals surface area contributed by atoms with Crippen molar-refractivity contribution in [3.63, 3.8) is 0 Å². The average molecular weight is 182 g/mol. The molecule has 2 unspecified atom stereocenters. The summed E-state index contributed by atoms with van der Waals surface area (Å²) < 4.78 is 0. The van der Waals surface area contributed by atoms with Gasteiger partial charge in [0, 0.05) is 0 Å². The maximum absolute atomic E-state index is 2.37. The van der Waals surface area contributed by atoms with Crippen molar-refractivity contribution < 1.29 is 0 Å². The second-order valence-electron chi connectivity index (χ2n) is 4.68. The molecule has 0 fully saturated rings. The van der Waals surface area contributed by atoms with E-state index in [1.807, 2.05) is 0 Å². The van der Waals surface area contributed by atoms with Crippen LogP contribution in [0.1, 0.15) is 53.9 Å². The molecule has 0 saturated heterocycles. The lowest BCUT2D eigenvalue weighted by Crippen LogP contribution is -2.08. The van der Waals surface area contributed by atoms with Crippen molar-refractivity contribution in [3.05, 3.63) is 12.2 Å². The molecular formula is C13H26. The highest BCUT2D eigenvalue weighted by Crippen LogP contribution is 2.21. The summed E-state index contributed by atoms with van der Waals surface area (Å²) in [7, 11) is 0. The Labute approximate surface area is 84.4 Å². The molecule has 0 heteroatoms. The lowest BCUT2D eigenvalue weighted by Gasteiger charge is -2.19. The Hall–Kier alpha value is -0.260. The standard InChI is InChI=1S/C13H26/c1-6-7-8-9-12(4)10-13(5)11(2)3/h7-8,11-13H,6,9-10H2,1-5H3. The van der Waals surface area contributed by atoms with Gasteiger partial charge in [-0.05, 0) is 37.0 Å². The van der Waals surface area contributed by atoms with Gasteiger partial charge < -0.3 is 0 Å². The molecule has 0 N–H and O–H groups in total. The normalized spacial score (nSPS) is 16.8. The first-order chi connectivity index (χ1) is 6.07. The van der Waals surface area contributed by atoms with E-state index in [-0.39, 0.29) is 0 Å². The first-order valence-corrected chi connectivity index (χ1v) is 5.72. The number of hydrogen-bond donors (Lipinski definition) is 0. The molecule has 0 saturated carbocycles. The van der Waals surface area contributed by atoms with Crippen molar-refractivity contribution in [2.45, 2.75) is 53.9 Å². The summed E-state index contributed by atoms with van der Waals surface area (Å²) in [5.74, 6) is 2.54. The summed E-state index contributed by atoms with van der Waals surface area (Å²) in [6, 6.07) is 0. The summed E-state index contributed by atoms with van der Waals surface area (Å²) in [6.07, 6.45) is 8.40. The molecule has 0 aromatic rings. The summed E-state index contributed by atoms with van der Waals surface area (Å²) >= 11 is 0. The molecule has 0 radical (unpaired) electrons. The zero-order valence-corrected chi connectivity index (χ0v) is 10.0. The van der Waals surface area contributed by atoms with Crippen molar-refractivity contribution >= 4 is 0 Å². The van der Waals surface area contributed by atoms with Crippen LogP contribution in [0.5, 0.6) is 0 Å². The number of hydrogen-bond acceptors (Lipinski definition) is 0. The Morgan fingerprint density at radius 2 is 1.62 bits per heavy atom. The van der Waals surface area contributed by atoms with Crippen molar-refractivity contribution in [1.82, 2.24) is 0 Å². The van der Waals surface area contributed by atoms with Crippen molar-refractivity contribution in [2.24, 2.45) is 17.8 Å². The molecule has 78 valence electrons. The minimum atomic E-state index is 0.831. The van der Waals surface area contributed by atoms with Gasteiger partial charge in [0.1, 0.15) is 0 Å². The molecule has 0 heterocycles. The number of allylic oxidation sites excluding steroid dienone is 2. The summed E-state index contributed by atoms with van der Waals surface area (Å²) in [6.45, 7) is 11.6. The molecule has 13 heavy (non-hydrogen) atoms. The molecule has 0 spiro atoms. The maximum atomic E-state index is 2.37. The van der Waals surface area contributed by atoms with Crippen LogP contribution in [-0.2, 0) is 0 Å². The third-order valence-electron chi connectivity index (χ3n) is 2.85. The van der Waals surface area contributed by atoms with Gasteiger partial charge in [-0.25, -0.2) is 0 Å². The van der Waals surface area contributed by atoms with Crippen LogP contribution in [0.2, 0.25) is 0 Å². The van der Waals surface area contributed by atoms with Crippen LogP contribution in [0.15, 0.2) is 12.2 Å². The molecule has 0 aliphatic rings. The van der Waals surface area contributed by atoms with E-state index in [2.05, 4.69) is 46.8 Å². The molecule has 0 nitrogen and oxygen atoms in total. The van der Waals surface area contributed by atoms with Gasteiger partial charge in [-0.3, -0.25) is 0 Å². The van der Waals surface area contributed by atoms with Gasteiger partial charge in [-0.15, -0.1) is 0 Å². The summed E-state index contributed by atoms with van der Waals surface area (Å²) in [4.78, 5) is 0. The van der Waals surface area contributed by atoms with Crippen LogP contribution in [0.3, 0.4) is 0 Å². The second kappa shape index (κ2) is 7.17. The fourth-order valence-electron chi connectivity index (χ4n) is 1.50. The summed E-state index contributed by atoms with van der Waals surface area (Å²) in [5, 5.41) is 0. The molecule has 0 aromatic carbocycles. The highest BCUT2D eigenvalue weighted by atomic mass is 14.2. The van der Waals surface area contributed by atoms with Crippen LogP contribution in [0.25, 0.3) is 0 Å². The average Bonchev–Trinajstić information content (AvgIpc) is 2.04. The van der Waals surface area contributed by atoms with Gasteiger partial charge in [0.15, 0.2) is 0 Å². The molecule has 0 aliphatic carbocycles. The molecule has 0 aromatic heterocycles. The monoisotopic (exact) mass is 182 g/mol. The predicted octanol–water partition coefficient (Wildman–Crippen LogP) is 4.66. The van der Waals surface area contributed by atoms with E-state index < -0.39 is 0 Å². The molecule has 0 amide bonds. The van der Waals surface area contributed by atoms with Crippen LogP contribution < -0.4 is 0 Å². The largest absolute Gasteiger partial charge is 0.0888 e. The lowest BCUT2D eigenvalue weighted by molar-refractivity contribution is 0.333. The SMILES string of the molecule is CCC=CCC(C)CC(C)C(C)C. The van der Waals surface area contributed by atoms with Gasteiger partial charge in [-0.2, -0.15) is 0 Å². The van der Waals surface area contributed by atoms with Gasteiger partial charge in [0.05, 0.1) is 0 Å².